The maximum atomic E-state index is 5.82. The fourth-order valence-corrected chi connectivity index (χ4v) is 2.83. The van der Waals surface area contributed by atoms with E-state index < -0.39 is 0 Å². The van der Waals surface area contributed by atoms with Gasteiger partial charge in [0.2, 0.25) is 0 Å². The Balaban J connectivity index is 1.70. The van der Waals surface area contributed by atoms with Crippen molar-refractivity contribution in [3.05, 3.63) is 36.2 Å². The molecule has 2 heterocycles. The van der Waals surface area contributed by atoms with Gasteiger partial charge in [0.05, 0.1) is 6.10 Å². The second kappa shape index (κ2) is 6.97. The lowest BCUT2D eigenvalue weighted by Crippen LogP contribution is -2.26. The van der Waals surface area contributed by atoms with Gasteiger partial charge in [0.1, 0.15) is 11.6 Å². The molecule has 1 aromatic carbocycles. The molecule has 3 rings (SSSR count). The number of aromatic amines is 1. The summed E-state index contributed by atoms with van der Waals surface area (Å²) in [4.78, 5) is 8.04. The summed E-state index contributed by atoms with van der Waals surface area (Å²) in [5.74, 6) is 2.47. The average molecular weight is 299 g/mol. The molecule has 4 heteroatoms. The van der Waals surface area contributed by atoms with E-state index in [2.05, 4.69) is 41.3 Å². The van der Waals surface area contributed by atoms with E-state index in [4.69, 9.17) is 4.74 Å². The molecule has 0 bridgehead atoms. The van der Waals surface area contributed by atoms with Gasteiger partial charge in [-0.15, -0.1) is 0 Å². The second-order valence-electron chi connectivity index (χ2n) is 6.07. The molecule has 1 fully saturated rings. The molecule has 1 aliphatic rings. The first-order chi connectivity index (χ1) is 10.8. The lowest BCUT2D eigenvalue weighted by molar-refractivity contribution is 0.217. The Hall–Kier alpha value is -1.81. The Kier molecular flexibility index (Phi) is 4.78. The molecule has 0 saturated carbocycles. The number of H-pyrrole nitrogens is 1. The SMILES string of the molecule is CCC(C)Oc1ccc(-c2ncc(C3CCNCC3)[nH]2)cc1. The maximum Gasteiger partial charge on any atom is 0.137 e. The van der Waals surface area contributed by atoms with Crippen LogP contribution in [-0.4, -0.2) is 29.2 Å². The average Bonchev–Trinajstić information content (AvgIpc) is 3.06. The zero-order valence-electron chi connectivity index (χ0n) is 13.4. The van der Waals surface area contributed by atoms with Crippen molar-refractivity contribution in [2.75, 3.05) is 13.1 Å². The largest absolute Gasteiger partial charge is 0.491 e. The summed E-state index contributed by atoms with van der Waals surface area (Å²) in [6.45, 7) is 6.41. The van der Waals surface area contributed by atoms with Crippen LogP contribution in [-0.2, 0) is 0 Å². The summed E-state index contributed by atoms with van der Waals surface area (Å²) in [5, 5.41) is 3.40. The number of hydrogen-bond donors (Lipinski definition) is 2. The Morgan fingerprint density at radius 2 is 1.95 bits per heavy atom. The van der Waals surface area contributed by atoms with E-state index in [0.717, 1.165) is 36.6 Å². The van der Waals surface area contributed by atoms with Crippen molar-refractivity contribution in [3.63, 3.8) is 0 Å². The Morgan fingerprint density at radius 1 is 1.23 bits per heavy atom. The molecule has 22 heavy (non-hydrogen) atoms. The molecule has 118 valence electrons. The summed E-state index contributed by atoms with van der Waals surface area (Å²) >= 11 is 0. The Labute approximate surface area is 132 Å². The molecule has 1 atom stereocenters. The number of imidazole rings is 1. The zero-order valence-corrected chi connectivity index (χ0v) is 13.4. The molecule has 2 N–H and O–H groups in total. The van der Waals surface area contributed by atoms with E-state index in [9.17, 15) is 0 Å². The predicted octanol–water partition coefficient (Wildman–Crippen LogP) is 3.72. The maximum absolute atomic E-state index is 5.82. The van der Waals surface area contributed by atoms with E-state index in [1.54, 1.807) is 0 Å². The van der Waals surface area contributed by atoms with Crippen molar-refractivity contribution in [1.82, 2.24) is 15.3 Å². The number of aromatic nitrogens is 2. The van der Waals surface area contributed by atoms with Crippen LogP contribution in [0.2, 0.25) is 0 Å². The molecule has 1 aromatic heterocycles. The van der Waals surface area contributed by atoms with Crippen molar-refractivity contribution < 1.29 is 4.74 Å². The van der Waals surface area contributed by atoms with E-state index >= 15 is 0 Å². The van der Waals surface area contributed by atoms with Gasteiger partial charge in [0.15, 0.2) is 0 Å². The van der Waals surface area contributed by atoms with E-state index in [1.807, 2.05) is 18.3 Å². The topological polar surface area (TPSA) is 49.9 Å². The Bertz CT molecular complexity index is 585. The number of piperidine rings is 1. The molecule has 0 radical (unpaired) electrons. The van der Waals surface area contributed by atoms with Gasteiger partial charge in [-0.1, -0.05) is 6.92 Å². The highest BCUT2D eigenvalue weighted by atomic mass is 16.5. The standard InChI is InChI=1S/C18H25N3O/c1-3-13(2)22-16-6-4-15(5-7-16)18-20-12-17(21-18)14-8-10-19-11-9-14/h4-7,12-14,19H,3,8-11H2,1-2H3,(H,20,21). The van der Waals surface area contributed by atoms with Crippen molar-refractivity contribution in [1.29, 1.82) is 0 Å². The molecule has 0 spiro atoms. The lowest BCUT2D eigenvalue weighted by Gasteiger charge is -2.21. The fraction of sp³-hybridized carbons (Fsp3) is 0.500. The molecule has 1 unspecified atom stereocenters. The summed E-state index contributed by atoms with van der Waals surface area (Å²) < 4.78 is 5.82. The van der Waals surface area contributed by atoms with Gasteiger partial charge in [-0.25, -0.2) is 4.98 Å². The summed E-state index contributed by atoms with van der Waals surface area (Å²) in [7, 11) is 0. The van der Waals surface area contributed by atoms with Crippen LogP contribution in [0.4, 0.5) is 0 Å². The minimum absolute atomic E-state index is 0.251. The van der Waals surface area contributed by atoms with E-state index in [-0.39, 0.29) is 6.10 Å². The van der Waals surface area contributed by atoms with Crippen LogP contribution < -0.4 is 10.1 Å². The van der Waals surface area contributed by atoms with Gasteiger partial charge < -0.3 is 15.0 Å². The third kappa shape index (κ3) is 3.50. The van der Waals surface area contributed by atoms with E-state index in [0.29, 0.717) is 5.92 Å². The van der Waals surface area contributed by atoms with Crippen molar-refractivity contribution in [2.24, 2.45) is 0 Å². The van der Waals surface area contributed by atoms with Gasteiger partial charge in [0, 0.05) is 23.4 Å². The second-order valence-corrected chi connectivity index (χ2v) is 6.07. The van der Waals surface area contributed by atoms with Crippen LogP contribution in [0.5, 0.6) is 5.75 Å². The van der Waals surface area contributed by atoms with Gasteiger partial charge in [-0.05, 0) is 63.5 Å². The minimum Gasteiger partial charge on any atom is -0.491 e. The predicted molar refractivity (Wildman–Crippen MR) is 89.2 cm³/mol. The zero-order chi connectivity index (χ0) is 15.4. The first-order valence-corrected chi connectivity index (χ1v) is 8.29. The van der Waals surface area contributed by atoms with Crippen molar-refractivity contribution in [3.8, 4) is 17.1 Å². The van der Waals surface area contributed by atoms with Gasteiger partial charge in [-0.3, -0.25) is 0 Å². The number of ether oxygens (including phenoxy) is 1. The normalized spacial score (nSPS) is 17.4. The van der Waals surface area contributed by atoms with Gasteiger partial charge in [-0.2, -0.15) is 0 Å². The number of nitrogens with one attached hydrogen (secondary N) is 2. The molecule has 0 aliphatic carbocycles. The molecule has 0 amide bonds. The smallest absolute Gasteiger partial charge is 0.137 e. The molecular weight excluding hydrogens is 274 g/mol. The van der Waals surface area contributed by atoms with Crippen molar-refractivity contribution >= 4 is 0 Å². The number of hydrogen-bond acceptors (Lipinski definition) is 3. The minimum atomic E-state index is 0.251. The molecule has 1 saturated heterocycles. The van der Waals surface area contributed by atoms with Crippen LogP contribution in [0.1, 0.15) is 44.7 Å². The number of rotatable bonds is 5. The highest BCUT2D eigenvalue weighted by Gasteiger charge is 2.17. The number of nitrogens with zero attached hydrogens (tertiary/aromatic N) is 1. The van der Waals surface area contributed by atoms with Crippen LogP contribution in [0.25, 0.3) is 11.4 Å². The van der Waals surface area contributed by atoms with E-state index in [1.165, 1.54) is 18.5 Å². The third-order valence-electron chi connectivity index (χ3n) is 4.41. The first-order valence-electron chi connectivity index (χ1n) is 8.29. The lowest BCUT2D eigenvalue weighted by atomic mass is 9.95. The molecular formula is C18H25N3O. The highest BCUT2D eigenvalue weighted by Crippen LogP contribution is 2.27. The van der Waals surface area contributed by atoms with Crippen LogP contribution >= 0.6 is 0 Å². The number of benzene rings is 1. The summed E-state index contributed by atoms with van der Waals surface area (Å²) in [5.41, 5.74) is 2.37. The first kappa shape index (κ1) is 15.1. The Morgan fingerprint density at radius 3 is 2.64 bits per heavy atom. The van der Waals surface area contributed by atoms with Gasteiger partial charge >= 0.3 is 0 Å². The van der Waals surface area contributed by atoms with Crippen LogP contribution in [0, 0.1) is 0 Å². The summed E-state index contributed by atoms with van der Waals surface area (Å²) in [6.07, 6.45) is 5.63. The third-order valence-corrected chi connectivity index (χ3v) is 4.41. The van der Waals surface area contributed by atoms with Gasteiger partial charge in [0.25, 0.3) is 0 Å². The molecule has 2 aromatic rings. The van der Waals surface area contributed by atoms with Crippen LogP contribution in [0.15, 0.2) is 30.5 Å². The quantitative estimate of drug-likeness (QED) is 0.884. The monoisotopic (exact) mass is 299 g/mol. The van der Waals surface area contributed by atoms with Crippen LogP contribution in [0.3, 0.4) is 0 Å². The van der Waals surface area contributed by atoms with Crippen molar-refractivity contribution in [2.45, 2.75) is 45.1 Å². The fourth-order valence-electron chi connectivity index (χ4n) is 2.83. The molecule has 1 aliphatic heterocycles. The highest BCUT2D eigenvalue weighted by molar-refractivity contribution is 5.56. The molecule has 4 nitrogen and oxygen atoms in total. The summed E-state index contributed by atoms with van der Waals surface area (Å²) in [6, 6.07) is 8.19.